The van der Waals surface area contributed by atoms with E-state index in [2.05, 4.69) is 47.8 Å². The number of hydrogen-bond donors (Lipinski definition) is 1. The highest BCUT2D eigenvalue weighted by Gasteiger charge is 2.77. The van der Waals surface area contributed by atoms with E-state index in [9.17, 15) is 19.5 Å². The van der Waals surface area contributed by atoms with E-state index in [1.54, 1.807) is 11.0 Å². The number of rotatable bonds is 15. The van der Waals surface area contributed by atoms with Gasteiger partial charge in [0.2, 0.25) is 5.91 Å². The Kier molecular flexibility index (Phi) is 10.3. The van der Waals surface area contributed by atoms with Crippen LogP contribution < -0.4 is 9.80 Å². The second kappa shape index (κ2) is 13.5. The fourth-order valence-electron chi connectivity index (χ4n) is 6.72. The molecule has 6 atom stereocenters. The summed E-state index contributed by atoms with van der Waals surface area (Å²) in [7, 11) is 0. The molecule has 3 aliphatic rings. The van der Waals surface area contributed by atoms with Crippen molar-refractivity contribution in [3.63, 3.8) is 0 Å². The molecule has 1 spiro atoms. The Morgan fingerprint density at radius 1 is 1.17 bits per heavy atom. The number of ether oxygens (including phenoxy) is 2. The zero-order valence-corrected chi connectivity index (χ0v) is 25.6. The van der Waals surface area contributed by atoms with Crippen molar-refractivity contribution in [1.29, 1.82) is 0 Å². The first kappa shape index (κ1) is 31.3. The number of benzene rings is 1. The number of aliphatic hydroxyl groups excluding tert-OH is 1. The lowest BCUT2D eigenvalue weighted by Crippen LogP contribution is -2.57. The molecule has 3 heterocycles. The Labute approximate surface area is 251 Å². The average Bonchev–Trinajstić information content (AvgIpc) is 3.56. The van der Waals surface area contributed by atoms with E-state index in [-0.39, 0.29) is 42.9 Å². The van der Waals surface area contributed by atoms with Gasteiger partial charge in [-0.05, 0) is 63.8 Å². The minimum Gasteiger partial charge on any atom is -0.465 e. The van der Waals surface area contributed by atoms with Crippen molar-refractivity contribution in [2.24, 2.45) is 11.8 Å². The van der Waals surface area contributed by atoms with Gasteiger partial charge < -0.3 is 29.3 Å². The van der Waals surface area contributed by atoms with E-state index in [1.807, 2.05) is 30.3 Å². The molecular formula is C31H42BrN3O6. The number of halogens is 1. The first-order valence-electron chi connectivity index (χ1n) is 14.6. The normalized spacial score (nSPS) is 28.0. The number of aliphatic hydroxyl groups is 1. The summed E-state index contributed by atoms with van der Waals surface area (Å²) < 4.78 is 12.1. The van der Waals surface area contributed by atoms with E-state index in [1.165, 1.54) is 4.90 Å². The van der Waals surface area contributed by atoms with Gasteiger partial charge in [0.05, 0.1) is 31.2 Å². The number of carbonyl (C=O) groups excluding carboxylic acids is 3. The molecule has 9 nitrogen and oxygen atoms in total. The SMILES string of the molecule is C=CCCCCOC(=O)[C@H]1[C@@H]2OC3(CC2Br)C(C(=O)N(CC=C)c2ccc(N(CC)CC)cc2)N(CCO)C(=O)[C@H]13. The molecule has 3 aliphatic heterocycles. The number of hydrogen-bond acceptors (Lipinski definition) is 7. The monoisotopic (exact) mass is 631 g/mol. The molecule has 2 amide bonds. The third kappa shape index (κ3) is 5.70. The molecule has 3 fully saturated rings. The van der Waals surface area contributed by atoms with Gasteiger partial charge in [-0.3, -0.25) is 14.4 Å². The van der Waals surface area contributed by atoms with Crippen LogP contribution >= 0.6 is 15.9 Å². The lowest BCUT2D eigenvalue weighted by Gasteiger charge is -2.37. The zero-order valence-electron chi connectivity index (χ0n) is 24.0. The van der Waals surface area contributed by atoms with Crippen LogP contribution in [0.5, 0.6) is 0 Å². The van der Waals surface area contributed by atoms with Crippen LogP contribution in [0.15, 0.2) is 49.6 Å². The number of β-amino-alcohol motifs (C(OH)–C–C–N with tert-alkyl or cyclic N) is 1. The maximum Gasteiger partial charge on any atom is 0.312 e. The van der Waals surface area contributed by atoms with Gasteiger partial charge in [-0.2, -0.15) is 0 Å². The Morgan fingerprint density at radius 2 is 1.85 bits per heavy atom. The van der Waals surface area contributed by atoms with Gasteiger partial charge in [0.25, 0.3) is 5.91 Å². The third-order valence-corrected chi connectivity index (χ3v) is 9.40. The maximum absolute atomic E-state index is 14.5. The Morgan fingerprint density at radius 3 is 2.46 bits per heavy atom. The number of amides is 2. The number of likely N-dealkylation sites (tertiary alicyclic amines) is 1. The smallest absolute Gasteiger partial charge is 0.312 e. The molecule has 10 heteroatoms. The summed E-state index contributed by atoms with van der Waals surface area (Å²) in [6, 6.07) is 6.73. The Hall–Kier alpha value is -2.69. The van der Waals surface area contributed by atoms with E-state index in [4.69, 9.17) is 9.47 Å². The highest BCUT2D eigenvalue weighted by atomic mass is 79.9. The molecule has 1 aromatic carbocycles. The summed E-state index contributed by atoms with van der Waals surface area (Å²) in [6.07, 6.45) is 5.65. The first-order valence-corrected chi connectivity index (χ1v) is 15.5. The van der Waals surface area contributed by atoms with Crippen molar-refractivity contribution in [1.82, 2.24) is 4.90 Å². The van der Waals surface area contributed by atoms with Crippen molar-refractivity contribution < 1.29 is 29.0 Å². The van der Waals surface area contributed by atoms with Gasteiger partial charge in [0, 0.05) is 42.4 Å². The van der Waals surface area contributed by atoms with Crippen LogP contribution in [-0.2, 0) is 23.9 Å². The van der Waals surface area contributed by atoms with Gasteiger partial charge in [-0.25, -0.2) is 0 Å². The minimum atomic E-state index is -1.21. The van der Waals surface area contributed by atoms with E-state index >= 15 is 0 Å². The molecule has 0 radical (unpaired) electrons. The number of unbranched alkanes of at least 4 members (excludes halogenated alkanes) is 2. The van der Waals surface area contributed by atoms with Gasteiger partial charge in [-0.1, -0.05) is 28.1 Å². The summed E-state index contributed by atoms with van der Waals surface area (Å²) in [4.78, 5) is 46.7. The van der Waals surface area contributed by atoms with Crippen molar-refractivity contribution in [3.8, 4) is 0 Å². The third-order valence-electron chi connectivity index (χ3n) is 8.55. The van der Waals surface area contributed by atoms with Crippen molar-refractivity contribution in [3.05, 3.63) is 49.6 Å². The largest absolute Gasteiger partial charge is 0.465 e. The van der Waals surface area contributed by atoms with Gasteiger partial charge in [0.15, 0.2) is 0 Å². The van der Waals surface area contributed by atoms with Crippen molar-refractivity contribution in [2.45, 2.75) is 62.1 Å². The van der Waals surface area contributed by atoms with E-state index in [0.717, 1.165) is 31.6 Å². The summed E-state index contributed by atoms with van der Waals surface area (Å²) >= 11 is 3.67. The van der Waals surface area contributed by atoms with E-state index in [0.29, 0.717) is 18.5 Å². The van der Waals surface area contributed by atoms with Gasteiger partial charge in [-0.15, -0.1) is 13.2 Å². The number of allylic oxidation sites excluding steroid dienone is 1. The fraction of sp³-hybridized carbons (Fsp3) is 0.581. The predicted octanol–water partition coefficient (Wildman–Crippen LogP) is 3.69. The van der Waals surface area contributed by atoms with Crippen LogP contribution in [0.4, 0.5) is 11.4 Å². The fourth-order valence-corrected chi connectivity index (χ4v) is 7.66. The number of anilines is 2. The second-order valence-corrected chi connectivity index (χ2v) is 12.0. The summed E-state index contributed by atoms with van der Waals surface area (Å²) in [6.45, 7) is 13.6. The van der Waals surface area contributed by atoms with Crippen LogP contribution in [0.3, 0.4) is 0 Å². The molecule has 0 aliphatic carbocycles. The number of alkyl halides is 1. The first-order chi connectivity index (χ1) is 19.8. The minimum absolute atomic E-state index is 0.0411. The molecule has 2 bridgehead atoms. The van der Waals surface area contributed by atoms with Gasteiger partial charge in [0.1, 0.15) is 11.6 Å². The molecule has 3 saturated heterocycles. The molecule has 41 heavy (non-hydrogen) atoms. The van der Waals surface area contributed by atoms with Crippen LogP contribution in [0.2, 0.25) is 0 Å². The van der Waals surface area contributed by atoms with Crippen LogP contribution in [0.25, 0.3) is 0 Å². The standard InChI is InChI=1S/C31H42BrN3O6/c1-5-9-10-11-19-40-30(39)24-25-28(37)35(17-18-36)27(31(25)20-23(32)26(24)41-31)29(38)34(16-6-2)22-14-12-21(13-15-22)33(7-3)8-4/h5-6,12-15,23-27,36H,1-2,7-11,16-20H2,3-4H3/t23?,24-,25+,26-,27?,31?/m1/s1. The highest BCUT2D eigenvalue weighted by molar-refractivity contribution is 9.09. The number of nitrogens with zero attached hydrogens (tertiary/aromatic N) is 3. The predicted molar refractivity (Wildman–Crippen MR) is 162 cm³/mol. The molecule has 4 rings (SSSR count). The zero-order chi connectivity index (χ0) is 29.7. The van der Waals surface area contributed by atoms with E-state index < -0.39 is 35.6 Å². The number of carbonyl (C=O) groups is 3. The molecule has 224 valence electrons. The molecule has 1 aromatic rings. The van der Waals surface area contributed by atoms with Crippen LogP contribution in [0, 0.1) is 11.8 Å². The van der Waals surface area contributed by atoms with Crippen molar-refractivity contribution in [2.75, 3.05) is 49.2 Å². The summed E-state index contributed by atoms with van der Waals surface area (Å²) in [5.74, 6) is -2.87. The Balaban J connectivity index is 1.65. The molecule has 0 saturated carbocycles. The van der Waals surface area contributed by atoms with Crippen LogP contribution in [0.1, 0.15) is 39.5 Å². The average molecular weight is 633 g/mol. The van der Waals surface area contributed by atoms with Crippen LogP contribution in [-0.4, -0.2) is 89.8 Å². The second-order valence-electron chi connectivity index (χ2n) is 10.8. The maximum atomic E-state index is 14.5. The molecular weight excluding hydrogens is 590 g/mol. The summed E-state index contributed by atoms with van der Waals surface area (Å²) in [5, 5.41) is 9.89. The lowest BCUT2D eigenvalue weighted by atomic mass is 9.70. The topological polar surface area (TPSA) is 99.6 Å². The van der Waals surface area contributed by atoms with Crippen molar-refractivity contribution >= 4 is 45.1 Å². The highest BCUT2D eigenvalue weighted by Crippen LogP contribution is 2.60. The quantitative estimate of drug-likeness (QED) is 0.136. The molecule has 0 aromatic heterocycles. The lowest BCUT2D eigenvalue weighted by molar-refractivity contribution is -0.155. The molecule has 1 N–H and O–H groups in total. The number of esters is 1. The number of fused-ring (bicyclic) bond motifs is 1. The molecule has 3 unspecified atom stereocenters. The Bertz CT molecular complexity index is 1130. The van der Waals surface area contributed by atoms with Gasteiger partial charge >= 0.3 is 5.97 Å². The summed E-state index contributed by atoms with van der Waals surface area (Å²) in [5.41, 5.74) is 0.502.